The Hall–Kier alpha value is -4.41. The van der Waals surface area contributed by atoms with Crippen molar-refractivity contribution in [1.29, 1.82) is 5.26 Å². The molecule has 1 amide bonds. The number of aromatic nitrogens is 3. The first-order chi connectivity index (χ1) is 17.0. The first-order valence-corrected chi connectivity index (χ1v) is 11.4. The molecular weight excluding hydrogens is 436 g/mol. The standard InChI is InChI=1S/C28H26N6O/c1-19(22-10-8-21(14-29)9-11-22)15-33-27(23-6-4-3-5-7-23)28(35)34-26-13-12-24(16-32-26)25-17-30-20(2)31-18-25/h3-13,16-19,27,33H,15H2,1-2H3,(H,32,34,35). The van der Waals surface area contributed by atoms with Crippen LogP contribution in [-0.2, 0) is 4.79 Å². The predicted octanol–water partition coefficient (Wildman–Crippen LogP) is 4.79. The highest BCUT2D eigenvalue weighted by molar-refractivity contribution is 5.95. The van der Waals surface area contributed by atoms with Crippen LogP contribution in [0.4, 0.5) is 5.82 Å². The van der Waals surface area contributed by atoms with Crippen molar-refractivity contribution in [2.24, 2.45) is 0 Å². The normalized spacial score (nSPS) is 12.4. The molecule has 0 aliphatic heterocycles. The lowest BCUT2D eigenvalue weighted by atomic mass is 9.98. The van der Waals surface area contributed by atoms with E-state index in [2.05, 4.69) is 38.6 Å². The van der Waals surface area contributed by atoms with Gasteiger partial charge in [-0.05, 0) is 48.2 Å². The summed E-state index contributed by atoms with van der Waals surface area (Å²) in [4.78, 5) is 26.1. The molecule has 7 heteroatoms. The largest absolute Gasteiger partial charge is 0.309 e. The summed E-state index contributed by atoms with van der Waals surface area (Å²) < 4.78 is 0. The van der Waals surface area contributed by atoms with E-state index in [9.17, 15) is 4.79 Å². The molecule has 2 aromatic carbocycles. The second-order valence-corrected chi connectivity index (χ2v) is 8.33. The average Bonchev–Trinajstić information content (AvgIpc) is 2.90. The van der Waals surface area contributed by atoms with Gasteiger partial charge >= 0.3 is 0 Å². The van der Waals surface area contributed by atoms with Gasteiger partial charge in [0.1, 0.15) is 17.7 Å². The van der Waals surface area contributed by atoms with E-state index >= 15 is 0 Å². The summed E-state index contributed by atoms with van der Waals surface area (Å²) in [5, 5.41) is 15.3. The summed E-state index contributed by atoms with van der Waals surface area (Å²) in [6.07, 6.45) is 5.20. The number of benzene rings is 2. The first-order valence-electron chi connectivity index (χ1n) is 11.4. The topological polar surface area (TPSA) is 104 Å². The van der Waals surface area contributed by atoms with Gasteiger partial charge in [-0.2, -0.15) is 5.26 Å². The fraction of sp³-hybridized carbons (Fsp3) is 0.179. The molecule has 0 spiro atoms. The van der Waals surface area contributed by atoms with Gasteiger partial charge in [-0.1, -0.05) is 49.4 Å². The summed E-state index contributed by atoms with van der Waals surface area (Å²) in [6, 6.07) is 22.4. The highest BCUT2D eigenvalue weighted by Gasteiger charge is 2.21. The smallest absolute Gasteiger partial charge is 0.247 e. The number of nitrogens with zero attached hydrogens (tertiary/aromatic N) is 4. The molecule has 0 fully saturated rings. The molecule has 0 aliphatic carbocycles. The number of amides is 1. The van der Waals surface area contributed by atoms with Gasteiger partial charge in [0.25, 0.3) is 0 Å². The van der Waals surface area contributed by atoms with Gasteiger partial charge in [0.15, 0.2) is 0 Å². The third-order valence-corrected chi connectivity index (χ3v) is 5.76. The number of nitriles is 1. The van der Waals surface area contributed by atoms with E-state index in [0.717, 1.165) is 22.3 Å². The minimum Gasteiger partial charge on any atom is -0.309 e. The monoisotopic (exact) mass is 462 g/mol. The van der Waals surface area contributed by atoms with E-state index in [4.69, 9.17) is 5.26 Å². The fourth-order valence-corrected chi connectivity index (χ4v) is 3.68. The van der Waals surface area contributed by atoms with Crippen molar-refractivity contribution in [2.75, 3.05) is 11.9 Å². The number of aryl methyl sites for hydroxylation is 1. The molecule has 174 valence electrons. The average molecular weight is 463 g/mol. The summed E-state index contributed by atoms with van der Waals surface area (Å²) in [6.45, 7) is 4.51. The molecular formula is C28H26N6O. The van der Waals surface area contributed by atoms with E-state index in [0.29, 0.717) is 23.8 Å². The highest BCUT2D eigenvalue weighted by atomic mass is 16.2. The maximum Gasteiger partial charge on any atom is 0.247 e. The third-order valence-electron chi connectivity index (χ3n) is 5.76. The molecule has 2 heterocycles. The van der Waals surface area contributed by atoms with Crippen LogP contribution in [-0.4, -0.2) is 27.4 Å². The van der Waals surface area contributed by atoms with E-state index in [1.165, 1.54) is 0 Å². The highest BCUT2D eigenvalue weighted by Crippen LogP contribution is 2.21. The van der Waals surface area contributed by atoms with E-state index in [1.54, 1.807) is 24.7 Å². The van der Waals surface area contributed by atoms with E-state index in [-0.39, 0.29) is 11.8 Å². The van der Waals surface area contributed by atoms with Crippen LogP contribution >= 0.6 is 0 Å². The molecule has 0 saturated heterocycles. The van der Waals surface area contributed by atoms with Crippen LogP contribution in [0.2, 0.25) is 0 Å². The van der Waals surface area contributed by atoms with E-state index in [1.807, 2.05) is 67.6 Å². The summed E-state index contributed by atoms with van der Waals surface area (Å²) in [5.41, 5.74) is 4.33. The van der Waals surface area contributed by atoms with Crippen molar-refractivity contribution in [3.05, 3.63) is 108 Å². The van der Waals surface area contributed by atoms with Gasteiger partial charge in [-0.3, -0.25) is 4.79 Å². The quantitative estimate of drug-likeness (QED) is 0.390. The molecule has 2 atom stereocenters. The maximum absolute atomic E-state index is 13.3. The molecule has 4 aromatic rings. The zero-order chi connectivity index (χ0) is 24.6. The van der Waals surface area contributed by atoms with Crippen LogP contribution in [0.3, 0.4) is 0 Å². The molecule has 2 N–H and O–H groups in total. The van der Waals surface area contributed by atoms with Crippen molar-refractivity contribution in [3.63, 3.8) is 0 Å². The van der Waals surface area contributed by atoms with E-state index < -0.39 is 6.04 Å². The maximum atomic E-state index is 13.3. The SMILES string of the molecule is Cc1ncc(-c2ccc(NC(=O)C(NCC(C)c3ccc(C#N)cc3)c3ccccc3)nc2)cn1. The number of carbonyl (C=O) groups is 1. The number of hydrogen-bond donors (Lipinski definition) is 2. The lowest BCUT2D eigenvalue weighted by Crippen LogP contribution is -2.35. The molecule has 0 saturated carbocycles. The van der Waals surface area contributed by atoms with Gasteiger partial charge in [-0.15, -0.1) is 0 Å². The number of nitrogens with one attached hydrogen (secondary N) is 2. The summed E-state index contributed by atoms with van der Waals surface area (Å²) in [5.74, 6) is 1.13. The summed E-state index contributed by atoms with van der Waals surface area (Å²) >= 11 is 0. The zero-order valence-corrected chi connectivity index (χ0v) is 19.6. The van der Waals surface area contributed by atoms with Gasteiger partial charge in [0.05, 0.1) is 11.6 Å². The first kappa shape index (κ1) is 23.7. The third kappa shape index (κ3) is 6.14. The van der Waals surface area contributed by atoms with Gasteiger partial charge in [0, 0.05) is 36.3 Å². The molecule has 2 aromatic heterocycles. The van der Waals surface area contributed by atoms with Crippen molar-refractivity contribution >= 4 is 11.7 Å². The Morgan fingerprint density at radius 3 is 2.20 bits per heavy atom. The van der Waals surface area contributed by atoms with Crippen molar-refractivity contribution in [1.82, 2.24) is 20.3 Å². The van der Waals surface area contributed by atoms with Crippen LogP contribution in [0, 0.1) is 18.3 Å². The number of anilines is 1. The van der Waals surface area contributed by atoms with Crippen molar-refractivity contribution < 1.29 is 4.79 Å². The lowest BCUT2D eigenvalue weighted by Gasteiger charge is -2.21. The van der Waals surface area contributed by atoms with Crippen LogP contribution in [0.1, 0.15) is 41.4 Å². The minimum absolute atomic E-state index is 0.149. The Bertz CT molecular complexity index is 1300. The van der Waals surface area contributed by atoms with Gasteiger partial charge in [0.2, 0.25) is 5.91 Å². The van der Waals surface area contributed by atoms with Crippen molar-refractivity contribution in [3.8, 4) is 17.2 Å². The molecule has 0 radical (unpaired) electrons. The minimum atomic E-state index is -0.552. The van der Waals surface area contributed by atoms with Crippen LogP contribution in [0.5, 0.6) is 0 Å². The molecule has 0 aliphatic rings. The fourth-order valence-electron chi connectivity index (χ4n) is 3.68. The Balaban J connectivity index is 1.46. The van der Waals surface area contributed by atoms with Crippen LogP contribution in [0.15, 0.2) is 85.3 Å². The van der Waals surface area contributed by atoms with Gasteiger partial charge < -0.3 is 10.6 Å². The van der Waals surface area contributed by atoms with Crippen molar-refractivity contribution in [2.45, 2.75) is 25.8 Å². The summed E-state index contributed by atoms with van der Waals surface area (Å²) in [7, 11) is 0. The molecule has 4 rings (SSSR count). The Morgan fingerprint density at radius 2 is 1.57 bits per heavy atom. The zero-order valence-electron chi connectivity index (χ0n) is 19.6. The van der Waals surface area contributed by atoms with Crippen LogP contribution < -0.4 is 10.6 Å². The molecule has 2 unspecified atom stereocenters. The number of hydrogen-bond acceptors (Lipinski definition) is 6. The second-order valence-electron chi connectivity index (χ2n) is 8.33. The number of carbonyl (C=O) groups excluding carboxylic acids is 1. The number of pyridine rings is 1. The Labute approximate surface area is 204 Å². The predicted molar refractivity (Wildman–Crippen MR) is 135 cm³/mol. The number of rotatable bonds is 8. The molecule has 35 heavy (non-hydrogen) atoms. The second kappa shape index (κ2) is 11.1. The van der Waals surface area contributed by atoms with Crippen LogP contribution in [0.25, 0.3) is 11.1 Å². The molecule has 0 bridgehead atoms. The van der Waals surface area contributed by atoms with Gasteiger partial charge in [-0.25, -0.2) is 15.0 Å². The molecule has 7 nitrogen and oxygen atoms in total. The Kier molecular flexibility index (Phi) is 7.56. The Morgan fingerprint density at radius 1 is 0.886 bits per heavy atom. The lowest BCUT2D eigenvalue weighted by molar-refractivity contribution is -0.118.